The number of halogens is 2. The lowest BCUT2D eigenvalue weighted by Crippen LogP contribution is -2.39. The van der Waals surface area contributed by atoms with Crippen LogP contribution < -0.4 is 4.90 Å². The molecule has 0 saturated carbocycles. The van der Waals surface area contributed by atoms with Crippen LogP contribution in [0.5, 0.6) is 0 Å². The lowest BCUT2D eigenvalue weighted by atomic mass is 10.1. The van der Waals surface area contributed by atoms with Gasteiger partial charge in [0.15, 0.2) is 0 Å². The first-order chi connectivity index (χ1) is 7.98. The molecule has 0 radical (unpaired) electrons. The van der Waals surface area contributed by atoms with E-state index in [0.29, 0.717) is 19.0 Å². The predicted molar refractivity (Wildman–Crippen MR) is 62.5 cm³/mol. The Morgan fingerprint density at radius 1 is 1.24 bits per heavy atom. The highest BCUT2D eigenvalue weighted by atomic mass is 19.3. The molecule has 0 amide bonds. The van der Waals surface area contributed by atoms with Crippen LogP contribution in [0.25, 0.3) is 0 Å². The third-order valence-corrected chi connectivity index (χ3v) is 3.08. The molecule has 0 atom stereocenters. The van der Waals surface area contributed by atoms with Gasteiger partial charge in [0.05, 0.1) is 0 Å². The Morgan fingerprint density at radius 3 is 2.47 bits per heavy atom. The van der Waals surface area contributed by atoms with Gasteiger partial charge in [-0.1, -0.05) is 13.8 Å². The van der Waals surface area contributed by atoms with Crippen LogP contribution in [0, 0.1) is 0 Å². The molecule has 0 aliphatic carbocycles. The van der Waals surface area contributed by atoms with Gasteiger partial charge in [0.25, 0.3) is 5.92 Å². The van der Waals surface area contributed by atoms with Gasteiger partial charge in [0.1, 0.15) is 12.1 Å². The van der Waals surface area contributed by atoms with Gasteiger partial charge < -0.3 is 4.90 Å². The summed E-state index contributed by atoms with van der Waals surface area (Å²) in [5.41, 5.74) is 0.951. The van der Waals surface area contributed by atoms with Crippen LogP contribution in [-0.2, 0) is 0 Å². The van der Waals surface area contributed by atoms with E-state index in [4.69, 9.17) is 0 Å². The van der Waals surface area contributed by atoms with Crippen LogP contribution in [-0.4, -0.2) is 29.0 Å². The van der Waals surface area contributed by atoms with E-state index in [1.165, 1.54) is 6.33 Å². The van der Waals surface area contributed by atoms with Crippen LogP contribution >= 0.6 is 0 Å². The summed E-state index contributed by atoms with van der Waals surface area (Å²) >= 11 is 0. The van der Waals surface area contributed by atoms with Crippen molar-refractivity contribution in [2.45, 2.75) is 38.5 Å². The molecule has 1 aromatic heterocycles. The number of nitrogens with zero attached hydrogens (tertiary/aromatic N) is 3. The summed E-state index contributed by atoms with van der Waals surface area (Å²) in [6.45, 7) is 4.83. The number of piperidine rings is 1. The molecule has 1 aromatic rings. The second-order valence-corrected chi connectivity index (χ2v) is 4.80. The summed E-state index contributed by atoms with van der Waals surface area (Å²) in [5.74, 6) is -1.42. The number of hydrogen-bond acceptors (Lipinski definition) is 3. The van der Waals surface area contributed by atoms with Crippen LogP contribution in [0.4, 0.5) is 14.6 Å². The molecule has 1 saturated heterocycles. The fraction of sp³-hybridized carbons (Fsp3) is 0.667. The number of anilines is 1. The number of rotatable bonds is 2. The zero-order valence-corrected chi connectivity index (χ0v) is 10.2. The van der Waals surface area contributed by atoms with E-state index in [0.717, 1.165) is 11.5 Å². The minimum Gasteiger partial charge on any atom is -0.356 e. The van der Waals surface area contributed by atoms with Crippen molar-refractivity contribution in [3.8, 4) is 0 Å². The SMILES string of the molecule is CC(C)c1cc(N2CCC(F)(F)CC2)ncn1. The van der Waals surface area contributed by atoms with Crippen LogP contribution in [0.3, 0.4) is 0 Å². The molecule has 0 aromatic carbocycles. The highest BCUT2D eigenvalue weighted by Crippen LogP contribution is 2.30. The molecule has 0 unspecified atom stereocenters. The van der Waals surface area contributed by atoms with Crippen LogP contribution in [0.2, 0.25) is 0 Å². The standard InChI is InChI=1S/C12H17F2N3/c1-9(2)10-7-11(16-8-15-10)17-5-3-12(13,14)4-6-17/h7-9H,3-6H2,1-2H3. The van der Waals surface area contributed by atoms with Crippen molar-refractivity contribution in [3.63, 3.8) is 0 Å². The average Bonchev–Trinajstić information content (AvgIpc) is 2.29. The molecular formula is C12H17F2N3. The van der Waals surface area contributed by atoms with E-state index in [9.17, 15) is 8.78 Å². The minimum absolute atomic E-state index is 0.0893. The molecule has 2 rings (SSSR count). The Bertz CT molecular complexity index is 383. The van der Waals surface area contributed by atoms with Crippen molar-refractivity contribution in [2.75, 3.05) is 18.0 Å². The molecule has 0 N–H and O–H groups in total. The van der Waals surface area contributed by atoms with Crippen molar-refractivity contribution >= 4 is 5.82 Å². The molecule has 1 aliphatic rings. The summed E-state index contributed by atoms with van der Waals surface area (Å²) in [6, 6.07) is 1.90. The predicted octanol–water partition coefficient (Wildman–Crippen LogP) is 2.84. The van der Waals surface area contributed by atoms with Gasteiger partial charge in [0, 0.05) is 37.7 Å². The van der Waals surface area contributed by atoms with Gasteiger partial charge in [-0.05, 0) is 5.92 Å². The Hall–Kier alpha value is -1.26. The Balaban J connectivity index is 2.10. The van der Waals surface area contributed by atoms with E-state index in [-0.39, 0.29) is 12.8 Å². The zero-order chi connectivity index (χ0) is 12.5. The van der Waals surface area contributed by atoms with Crippen molar-refractivity contribution in [1.29, 1.82) is 0 Å². The Kier molecular flexibility index (Phi) is 3.26. The Morgan fingerprint density at radius 2 is 1.88 bits per heavy atom. The second kappa shape index (κ2) is 4.55. The first kappa shape index (κ1) is 12.2. The molecule has 1 aliphatic heterocycles. The van der Waals surface area contributed by atoms with E-state index in [1.807, 2.05) is 11.0 Å². The summed E-state index contributed by atoms with van der Waals surface area (Å²) in [6.07, 6.45) is 1.33. The number of aromatic nitrogens is 2. The van der Waals surface area contributed by atoms with Gasteiger partial charge in [-0.15, -0.1) is 0 Å². The monoisotopic (exact) mass is 241 g/mol. The van der Waals surface area contributed by atoms with Crippen molar-refractivity contribution < 1.29 is 8.78 Å². The van der Waals surface area contributed by atoms with E-state index < -0.39 is 5.92 Å². The number of alkyl halides is 2. The highest BCUT2D eigenvalue weighted by Gasteiger charge is 2.34. The molecule has 0 spiro atoms. The smallest absolute Gasteiger partial charge is 0.251 e. The largest absolute Gasteiger partial charge is 0.356 e. The number of hydrogen-bond donors (Lipinski definition) is 0. The third-order valence-electron chi connectivity index (χ3n) is 3.08. The van der Waals surface area contributed by atoms with Crippen molar-refractivity contribution in [3.05, 3.63) is 18.1 Å². The zero-order valence-electron chi connectivity index (χ0n) is 10.2. The normalized spacial score (nSPS) is 19.7. The lowest BCUT2D eigenvalue weighted by molar-refractivity contribution is -0.0221. The minimum atomic E-state index is -2.51. The van der Waals surface area contributed by atoms with E-state index >= 15 is 0 Å². The molecular weight excluding hydrogens is 224 g/mol. The van der Waals surface area contributed by atoms with Crippen molar-refractivity contribution in [2.24, 2.45) is 0 Å². The van der Waals surface area contributed by atoms with Gasteiger partial charge in [-0.25, -0.2) is 18.7 Å². The lowest BCUT2D eigenvalue weighted by Gasteiger charge is -2.32. The first-order valence-electron chi connectivity index (χ1n) is 5.93. The van der Waals surface area contributed by atoms with Gasteiger partial charge >= 0.3 is 0 Å². The molecule has 17 heavy (non-hydrogen) atoms. The van der Waals surface area contributed by atoms with Gasteiger partial charge in [0.2, 0.25) is 0 Å². The molecule has 2 heterocycles. The molecule has 1 fully saturated rings. The highest BCUT2D eigenvalue weighted by molar-refractivity contribution is 5.40. The fourth-order valence-corrected chi connectivity index (χ4v) is 1.91. The van der Waals surface area contributed by atoms with Crippen LogP contribution in [0.1, 0.15) is 38.3 Å². The average molecular weight is 241 g/mol. The molecule has 94 valence electrons. The van der Waals surface area contributed by atoms with Gasteiger partial charge in [-0.2, -0.15) is 0 Å². The third kappa shape index (κ3) is 2.90. The maximum absolute atomic E-state index is 13.0. The maximum Gasteiger partial charge on any atom is 0.251 e. The summed E-state index contributed by atoms with van der Waals surface area (Å²) in [4.78, 5) is 10.2. The van der Waals surface area contributed by atoms with Crippen molar-refractivity contribution in [1.82, 2.24) is 9.97 Å². The Labute approximate surface area is 99.9 Å². The first-order valence-corrected chi connectivity index (χ1v) is 5.93. The summed E-state index contributed by atoms with van der Waals surface area (Å²) in [7, 11) is 0. The maximum atomic E-state index is 13.0. The van der Waals surface area contributed by atoms with E-state index in [2.05, 4.69) is 23.8 Å². The molecule has 5 heteroatoms. The second-order valence-electron chi connectivity index (χ2n) is 4.80. The molecule has 0 bridgehead atoms. The fourth-order valence-electron chi connectivity index (χ4n) is 1.91. The van der Waals surface area contributed by atoms with Gasteiger partial charge in [-0.3, -0.25) is 0 Å². The topological polar surface area (TPSA) is 29.0 Å². The summed E-state index contributed by atoms with van der Waals surface area (Å²) < 4.78 is 26.1. The van der Waals surface area contributed by atoms with Crippen LogP contribution in [0.15, 0.2) is 12.4 Å². The van der Waals surface area contributed by atoms with E-state index in [1.54, 1.807) is 0 Å². The summed E-state index contributed by atoms with van der Waals surface area (Å²) in [5, 5.41) is 0. The quantitative estimate of drug-likeness (QED) is 0.797. The molecule has 3 nitrogen and oxygen atoms in total.